The summed E-state index contributed by atoms with van der Waals surface area (Å²) in [6.45, 7) is 3.14. The third kappa shape index (κ3) is 2.55. The van der Waals surface area contributed by atoms with E-state index in [0.717, 1.165) is 0 Å². The summed E-state index contributed by atoms with van der Waals surface area (Å²) >= 11 is 0. The first-order valence-electron chi connectivity index (χ1n) is 5.05. The van der Waals surface area contributed by atoms with Crippen molar-refractivity contribution in [2.75, 3.05) is 7.11 Å². The SMILES string of the molecule is COc1cc(C(C)(C)C(O)C(=O)O)ccc1F. The number of carbonyl (C=O) groups is 1. The van der Waals surface area contributed by atoms with Gasteiger partial charge in [0.15, 0.2) is 17.7 Å². The van der Waals surface area contributed by atoms with Crippen LogP contribution in [0.1, 0.15) is 19.4 Å². The van der Waals surface area contributed by atoms with Crippen LogP contribution < -0.4 is 4.74 Å². The van der Waals surface area contributed by atoms with Crippen LogP contribution >= 0.6 is 0 Å². The molecular weight excluding hydrogens is 227 g/mol. The maximum Gasteiger partial charge on any atom is 0.333 e. The lowest BCUT2D eigenvalue weighted by Crippen LogP contribution is -2.39. The summed E-state index contributed by atoms with van der Waals surface area (Å²) in [5.41, 5.74) is -0.544. The monoisotopic (exact) mass is 242 g/mol. The molecule has 0 aliphatic rings. The molecule has 0 aliphatic carbocycles. The van der Waals surface area contributed by atoms with Gasteiger partial charge in [-0.1, -0.05) is 19.9 Å². The van der Waals surface area contributed by atoms with Gasteiger partial charge in [0.1, 0.15) is 0 Å². The van der Waals surface area contributed by atoms with Gasteiger partial charge in [0.2, 0.25) is 0 Å². The molecule has 17 heavy (non-hydrogen) atoms. The molecular formula is C12H15FO4. The molecule has 0 radical (unpaired) electrons. The van der Waals surface area contributed by atoms with Crippen LogP contribution in [0.3, 0.4) is 0 Å². The largest absolute Gasteiger partial charge is 0.494 e. The molecule has 1 aromatic rings. The molecule has 0 saturated heterocycles. The van der Waals surface area contributed by atoms with E-state index < -0.39 is 23.3 Å². The molecule has 0 amide bonds. The Hall–Kier alpha value is -1.62. The molecule has 0 aromatic heterocycles. The number of aliphatic hydroxyl groups is 1. The van der Waals surface area contributed by atoms with Gasteiger partial charge in [0.05, 0.1) is 7.11 Å². The van der Waals surface area contributed by atoms with Crippen molar-refractivity contribution in [3.8, 4) is 5.75 Å². The molecule has 0 bridgehead atoms. The summed E-state index contributed by atoms with van der Waals surface area (Å²) in [5, 5.41) is 18.4. The number of ether oxygens (including phenoxy) is 1. The Balaban J connectivity index is 3.19. The summed E-state index contributed by atoms with van der Waals surface area (Å²) in [7, 11) is 1.32. The zero-order chi connectivity index (χ0) is 13.2. The van der Waals surface area contributed by atoms with Gasteiger partial charge in [-0.3, -0.25) is 0 Å². The molecule has 2 N–H and O–H groups in total. The maximum atomic E-state index is 13.2. The Labute approximate surface area is 98.7 Å². The summed E-state index contributed by atoms with van der Waals surface area (Å²) in [6, 6.07) is 4.01. The molecule has 4 nitrogen and oxygen atoms in total. The third-order valence-corrected chi connectivity index (χ3v) is 2.81. The second-order valence-electron chi connectivity index (χ2n) is 4.31. The molecule has 0 fully saturated rings. The fraction of sp³-hybridized carbons (Fsp3) is 0.417. The number of methoxy groups -OCH3 is 1. The van der Waals surface area contributed by atoms with Crippen molar-refractivity contribution < 1.29 is 24.1 Å². The van der Waals surface area contributed by atoms with Crippen molar-refractivity contribution in [1.82, 2.24) is 0 Å². The molecule has 1 aromatic carbocycles. The van der Waals surface area contributed by atoms with Gasteiger partial charge in [-0.2, -0.15) is 0 Å². The number of rotatable bonds is 4. The van der Waals surface area contributed by atoms with E-state index in [1.54, 1.807) is 13.8 Å². The normalized spacial score (nSPS) is 13.2. The van der Waals surface area contributed by atoms with Crippen molar-refractivity contribution in [1.29, 1.82) is 0 Å². The van der Waals surface area contributed by atoms with Crippen LogP contribution in [0.25, 0.3) is 0 Å². The molecule has 5 heteroatoms. The quantitative estimate of drug-likeness (QED) is 0.840. The minimum Gasteiger partial charge on any atom is -0.494 e. The highest BCUT2D eigenvalue weighted by Gasteiger charge is 2.35. The van der Waals surface area contributed by atoms with Crippen LogP contribution in [0.2, 0.25) is 0 Å². The number of carboxylic acids is 1. The molecule has 0 spiro atoms. The van der Waals surface area contributed by atoms with Crippen molar-refractivity contribution in [3.63, 3.8) is 0 Å². The predicted molar refractivity (Wildman–Crippen MR) is 59.6 cm³/mol. The maximum absolute atomic E-state index is 13.2. The fourth-order valence-electron chi connectivity index (χ4n) is 1.53. The Morgan fingerprint density at radius 1 is 1.47 bits per heavy atom. The topological polar surface area (TPSA) is 66.8 Å². The van der Waals surface area contributed by atoms with E-state index in [0.29, 0.717) is 5.56 Å². The van der Waals surface area contributed by atoms with E-state index in [4.69, 9.17) is 9.84 Å². The number of aliphatic carboxylic acids is 1. The van der Waals surface area contributed by atoms with Gasteiger partial charge in [-0.15, -0.1) is 0 Å². The van der Waals surface area contributed by atoms with Crippen molar-refractivity contribution >= 4 is 5.97 Å². The Morgan fingerprint density at radius 2 is 2.06 bits per heavy atom. The number of hydrogen-bond donors (Lipinski definition) is 2. The minimum absolute atomic E-state index is 0.0214. The van der Waals surface area contributed by atoms with Gasteiger partial charge >= 0.3 is 5.97 Å². The first-order chi connectivity index (χ1) is 7.80. The van der Waals surface area contributed by atoms with Gasteiger partial charge in [-0.25, -0.2) is 9.18 Å². The second kappa shape index (κ2) is 4.71. The lowest BCUT2D eigenvalue weighted by Gasteiger charge is -2.28. The highest BCUT2D eigenvalue weighted by molar-refractivity contribution is 5.74. The molecule has 0 heterocycles. The highest BCUT2D eigenvalue weighted by Crippen LogP contribution is 2.31. The highest BCUT2D eigenvalue weighted by atomic mass is 19.1. The lowest BCUT2D eigenvalue weighted by molar-refractivity contribution is -0.150. The van der Waals surface area contributed by atoms with Crippen LogP contribution in [-0.2, 0) is 10.2 Å². The summed E-state index contributed by atoms with van der Waals surface area (Å²) in [6.07, 6.45) is -1.57. The second-order valence-corrected chi connectivity index (χ2v) is 4.31. The zero-order valence-electron chi connectivity index (χ0n) is 9.90. The zero-order valence-corrected chi connectivity index (χ0v) is 9.90. The van der Waals surface area contributed by atoms with Gasteiger partial charge in [-0.05, 0) is 17.7 Å². The van der Waals surface area contributed by atoms with Crippen molar-refractivity contribution in [3.05, 3.63) is 29.6 Å². The summed E-state index contributed by atoms with van der Waals surface area (Å²) in [5.74, 6) is -1.83. The average molecular weight is 242 g/mol. The fourth-order valence-corrected chi connectivity index (χ4v) is 1.53. The van der Waals surface area contributed by atoms with Gasteiger partial charge in [0, 0.05) is 5.41 Å². The van der Waals surface area contributed by atoms with Crippen LogP contribution in [0.4, 0.5) is 4.39 Å². The van der Waals surface area contributed by atoms with Crippen molar-refractivity contribution in [2.45, 2.75) is 25.4 Å². The Morgan fingerprint density at radius 3 is 2.53 bits per heavy atom. The average Bonchev–Trinajstić information content (AvgIpc) is 2.28. The van der Waals surface area contributed by atoms with Crippen LogP contribution in [-0.4, -0.2) is 29.4 Å². The van der Waals surface area contributed by atoms with Crippen LogP contribution in [0.5, 0.6) is 5.75 Å². The van der Waals surface area contributed by atoms with E-state index in [1.807, 2.05) is 0 Å². The summed E-state index contributed by atoms with van der Waals surface area (Å²) < 4.78 is 18.0. The van der Waals surface area contributed by atoms with Crippen molar-refractivity contribution in [2.24, 2.45) is 0 Å². The van der Waals surface area contributed by atoms with E-state index in [-0.39, 0.29) is 5.75 Å². The first-order valence-corrected chi connectivity index (χ1v) is 5.05. The smallest absolute Gasteiger partial charge is 0.333 e. The van der Waals surface area contributed by atoms with E-state index >= 15 is 0 Å². The molecule has 1 unspecified atom stereocenters. The van der Waals surface area contributed by atoms with Crippen LogP contribution in [0, 0.1) is 5.82 Å². The molecule has 1 atom stereocenters. The molecule has 0 saturated carbocycles. The van der Waals surface area contributed by atoms with Crippen LogP contribution in [0.15, 0.2) is 18.2 Å². The minimum atomic E-state index is -1.57. The van der Waals surface area contributed by atoms with Gasteiger partial charge < -0.3 is 14.9 Å². The number of aliphatic hydroxyl groups excluding tert-OH is 1. The van der Waals surface area contributed by atoms with E-state index in [1.165, 1.54) is 25.3 Å². The number of halogens is 1. The molecule has 1 rings (SSSR count). The lowest BCUT2D eigenvalue weighted by atomic mass is 9.79. The number of hydrogen-bond acceptors (Lipinski definition) is 3. The summed E-state index contributed by atoms with van der Waals surface area (Å²) in [4.78, 5) is 10.8. The first kappa shape index (κ1) is 13.4. The van der Waals surface area contributed by atoms with E-state index in [2.05, 4.69) is 0 Å². The standard InChI is InChI=1S/C12H15FO4/c1-12(2,10(14)11(15)16)7-4-5-8(13)9(6-7)17-3/h4-6,10,14H,1-3H3,(H,15,16). The Kier molecular flexibility index (Phi) is 3.72. The van der Waals surface area contributed by atoms with E-state index in [9.17, 15) is 14.3 Å². The third-order valence-electron chi connectivity index (χ3n) is 2.81. The number of benzene rings is 1. The predicted octanol–water partition coefficient (Wildman–Crippen LogP) is 1.56. The molecule has 94 valence electrons. The molecule has 0 aliphatic heterocycles. The number of carboxylic acid groups (broad SMARTS) is 1. The van der Waals surface area contributed by atoms with Gasteiger partial charge in [0.25, 0.3) is 0 Å². The Bertz CT molecular complexity index is 429.